The first-order valence-electron chi connectivity index (χ1n) is 9.27. The molecule has 0 fully saturated rings. The molecule has 0 saturated heterocycles. The Kier molecular flexibility index (Phi) is 6.70. The van der Waals surface area contributed by atoms with Gasteiger partial charge in [0.25, 0.3) is 5.91 Å². The number of rotatable bonds is 6. The molecule has 0 aliphatic heterocycles. The molecule has 7 nitrogen and oxygen atoms in total. The molecule has 1 aromatic carbocycles. The fraction of sp³-hybridized carbons (Fsp3) is 0.429. The van der Waals surface area contributed by atoms with Gasteiger partial charge in [-0.2, -0.15) is 0 Å². The second kappa shape index (κ2) is 8.51. The van der Waals surface area contributed by atoms with Crippen molar-refractivity contribution in [1.29, 1.82) is 0 Å². The summed E-state index contributed by atoms with van der Waals surface area (Å²) < 4.78 is 33.2. The van der Waals surface area contributed by atoms with Crippen molar-refractivity contribution < 1.29 is 17.9 Å². The van der Waals surface area contributed by atoms with Crippen LogP contribution in [0, 0.1) is 20.8 Å². The maximum absolute atomic E-state index is 12.8. The van der Waals surface area contributed by atoms with E-state index < -0.39 is 15.6 Å². The Morgan fingerprint density at radius 1 is 1.14 bits per heavy atom. The zero-order valence-corrected chi connectivity index (χ0v) is 18.8. The third-order valence-electron chi connectivity index (χ3n) is 4.37. The van der Waals surface area contributed by atoms with Gasteiger partial charge in [-0.25, -0.2) is 13.1 Å². The molecule has 1 heterocycles. The van der Waals surface area contributed by atoms with E-state index in [2.05, 4.69) is 15.0 Å². The van der Waals surface area contributed by atoms with E-state index in [4.69, 9.17) is 4.74 Å². The van der Waals surface area contributed by atoms with E-state index >= 15 is 0 Å². The molecule has 158 valence electrons. The number of ether oxygens (including phenoxy) is 1. The average molecular weight is 420 g/mol. The lowest BCUT2D eigenvalue weighted by Gasteiger charge is -2.20. The first-order chi connectivity index (χ1) is 13.4. The highest BCUT2D eigenvalue weighted by molar-refractivity contribution is 7.89. The van der Waals surface area contributed by atoms with Gasteiger partial charge in [-0.3, -0.25) is 9.78 Å². The largest absolute Gasteiger partial charge is 0.496 e. The van der Waals surface area contributed by atoms with Gasteiger partial charge in [-0.05, 0) is 59.2 Å². The summed E-state index contributed by atoms with van der Waals surface area (Å²) in [6.07, 6.45) is 1.70. The topological polar surface area (TPSA) is 97.4 Å². The summed E-state index contributed by atoms with van der Waals surface area (Å²) in [5, 5.41) is 2.82. The Bertz CT molecular complexity index is 1020. The minimum absolute atomic E-state index is 0.0504. The second-order valence-electron chi connectivity index (χ2n) is 8.06. The van der Waals surface area contributed by atoms with Crippen molar-refractivity contribution in [3.05, 3.63) is 52.3 Å². The molecule has 29 heavy (non-hydrogen) atoms. The fourth-order valence-corrected chi connectivity index (χ4v) is 4.43. The lowest BCUT2D eigenvalue weighted by Crippen LogP contribution is -2.40. The van der Waals surface area contributed by atoms with Gasteiger partial charge in [0.15, 0.2) is 0 Å². The molecule has 0 saturated carbocycles. The molecule has 0 atom stereocenters. The normalized spacial score (nSPS) is 12.0. The van der Waals surface area contributed by atoms with Gasteiger partial charge in [0.2, 0.25) is 10.0 Å². The van der Waals surface area contributed by atoms with Crippen LogP contribution in [0.4, 0.5) is 0 Å². The van der Waals surface area contributed by atoms with Crippen LogP contribution in [0.3, 0.4) is 0 Å². The molecule has 0 aliphatic rings. The number of nitrogens with one attached hydrogen (secondary N) is 2. The third-order valence-corrected chi connectivity index (χ3v) is 6.13. The molecule has 2 N–H and O–H groups in total. The van der Waals surface area contributed by atoms with Gasteiger partial charge >= 0.3 is 0 Å². The molecule has 1 aromatic heterocycles. The van der Waals surface area contributed by atoms with Gasteiger partial charge in [-0.1, -0.05) is 6.07 Å². The van der Waals surface area contributed by atoms with Gasteiger partial charge < -0.3 is 10.1 Å². The highest BCUT2D eigenvalue weighted by Crippen LogP contribution is 2.24. The van der Waals surface area contributed by atoms with Crippen LogP contribution < -0.4 is 14.8 Å². The SMILES string of the molecule is COc1c(C)cnc(CNC(=O)c2cc(S(=O)(=O)NC(C)(C)C)ccc2C)c1C. The average Bonchev–Trinajstić information content (AvgIpc) is 2.59. The number of hydrogen-bond donors (Lipinski definition) is 2. The number of sulfonamides is 1. The molecule has 1 amide bonds. The van der Waals surface area contributed by atoms with E-state index in [-0.39, 0.29) is 17.3 Å². The molecule has 2 aromatic rings. The highest BCUT2D eigenvalue weighted by atomic mass is 32.2. The minimum atomic E-state index is -3.74. The maximum Gasteiger partial charge on any atom is 0.251 e. The number of carbonyl (C=O) groups is 1. The van der Waals surface area contributed by atoms with Crippen LogP contribution in [-0.4, -0.2) is 32.0 Å². The summed E-state index contributed by atoms with van der Waals surface area (Å²) in [5.74, 6) is 0.373. The molecular weight excluding hydrogens is 390 g/mol. The number of pyridine rings is 1. The smallest absolute Gasteiger partial charge is 0.251 e. The number of amides is 1. The third kappa shape index (κ3) is 5.55. The predicted octanol–water partition coefficient (Wildman–Crippen LogP) is 3.02. The summed E-state index contributed by atoms with van der Waals surface area (Å²) in [6, 6.07) is 4.52. The number of benzene rings is 1. The molecule has 8 heteroatoms. The zero-order valence-electron chi connectivity index (χ0n) is 18.0. The van der Waals surface area contributed by atoms with E-state index in [9.17, 15) is 13.2 Å². The maximum atomic E-state index is 12.8. The lowest BCUT2D eigenvalue weighted by atomic mass is 10.1. The predicted molar refractivity (Wildman–Crippen MR) is 113 cm³/mol. The van der Waals surface area contributed by atoms with Crippen LogP contribution in [0.2, 0.25) is 0 Å². The van der Waals surface area contributed by atoms with Crippen LogP contribution in [0.1, 0.15) is 53.5 Å². The highest BCUT2D eigenvalue weighted by Gasteiger charge is 2.23. The van der Waals surface area contributed by atoms with E-state index in [1.54, 1.807) is 47.1 Å². The molecule has 0 aliphatic carbocycles. The summed E-state index contributed by atoms with van der Waals surface area (Å²) in [4.78, 5) is 17.2. The van der Waals surface area contributed by atoms with Crippen LogP contribution >= 0.6 is 0 Å². The van der Waals surface area contributed by atoms with Crippen molar-refractivity contribution in [2.45, 2.75) is 58.5 Å². The Balaban J connectivity index is 2.26. The van der Waals surface area contributed by atoms with Crippen molar-refractivity contribution in [2.24, 2.45) is 0 Å². The van der Waals surface area contributed by atoms with Crippen molar-refractivity contribution in [1.82, 2.24) is 15.0 Å². The Morgan fingerprint density at radius 2 is 1.79 bits per heavy atom. The number of aryl methyl sites for hydroxylation is 2. The number of hydrogen-bond acceptors (Lipinski definition) is 5. The van der Waals surface area contributed by atoms with Crippen molar-refractivity contribution in [3.63, 3.8) is 0 Å². The van der Waals surface area contributed by atoms with Crippen LogP contribution in [0.5, 0.6) is 5.75 Å². The summed E-state index contributed by atoms with van der Waals surface area (Å²) in [6.45, 7) is 11.0. The molecule has 0 bridgehead atoms. The van der Waals surface area contributed by atoms with E-state index in [1.807, 2.05) is 13.8 Å². The van der Waals surface area contributed by atoms with Crippen molar-refractivity contribution in [2.75, 3.05) is 7.11 Å². The first kappa shape index (κ1) is 22.8. The van der Waals surface area contributed by atoms with Gasteiger partial charge in [0, 0.05) is 28.4 Å². The molecule has 0 unspecified atom stereocenters. The molecule has 0 radical (unpaired) electrons. The molecular formula is C21H29N3O4S. The van der Waals surface area contributed by atoms with Crippen LogP contribution in [-0.2, 0) is 16.6 Å². The first-order valence-corrected chi connectivity index (χ1v) is 10.8. The zero-order chi connectivity index (χ0) is 22.0. The fourth-order valence-electron chi connectivity index (χ4n) is 2.98. The van der Waals surface area contributed by atoms with Crippen LogP contribution in [0.25, 0.3) is 0 Å². The Labute approximate surface area is 172 Å². The molecule has 0 spiro atoms. The van der Waals surface area contributed by atoms with E-state index in [1.165, 1.54) is 12.1 Å². The molecule has 2 rings (SSSR count). The number of carbonyl (C=O) groups excluding carboxylic acids is 1. The van der Waals surface area contributed by atoms with E-state index in [0.29, 0.717) is 16.8 Å². The second-order valence-corrected chi connectivity index (χ2v) is 9.74. The van der Waals surface area contributed by atoms with Gasteiger partial charge in [0.05, 0.1) is 24.2 Å². The lowest BCUT2D eigenvalue weighted by molar-refractivity contribution is 0.0949. The van der Waals surface area contributed by atoms with E-state index in [0.717, 1.165) is 16.9 Å². The quantitative estimate of drug-likeness (QED) is 0.750. The summed E-state index contributed by atoms with van der Waals surface area (Å²) in [7, 11) is -2.14. The number of methoxy groups -OCH3 is 1. The van der Waals surface area contributed by atoms with Crippen LogP contribution in [0.15, 0.2) is 29.3 Å². The van der Waals surface area contributed by atoms with Crippen molar-refractivity contribution >= 4 is 15.9 Å². The number of nitrogens with zero attached hydrogens (tertiary/aromatic N) is 1. The van der Waals surface area contributed by atoms with Gasteiger partial charge in [0.1, 0.15) is 5.75 Å². The monoisotopic (exact) mass is 419 g/mol. The Morgan fingerprint density at radius 3 is 2.38 bits per heavy atom. The summed E-state index contributed by atoms with van der Waals surface area (Å²) >= 11 is 0. The minimum Gasteiger partial charge on any atom is -0.496 e. The van der Waals surface area contributed by atoms with Gasteiger partial charge in [-0.15, -0.1) is 0 Å². The standard InChI is InChI=1S/C21H29N3O4S/c1-13-8-9-16(29(26,27)24-21(4,5)6)10-17(13)20(25)23-12-18-15(3)19(28-7)14(2)11-22-18/h8-11,24H,12H2,1-7H3,(H,23,25). The summed E-state index contributed by atoms with van der Waals surface area (Å²) in [5.41, 5.74) is 2.83. The number of aromatic nitrogens is 1. The Hall–Kier alpha value is -2.45. The van der Waals surface area contributed by atoms with Crippen molar-refractivity contribution in [3.8, 4) is 5.75 Å².